The fraction of sp³-hybridized carbons (Fsp3) is 0. The SMILES string of the molecule is O=[N+]([O-])c1cccc(-c2cccc3cc[nH]c23)c1. The standard InChI is InChI=1S/C14H10N2O2/c17-16(18)12-5-1-4-11(9-12)13-6-2-3-10-7-8-15-14(10)13/h1-9,15H. The van der Waals surface area contributed by atoms with Crippen LogP contribution < -0.4 is 0 Å². The normalized spacial score (nSPS) is 10.7. The fourth-order valence-corrected chi connectivity index (χ4v) is 2.11. The summed E-state index contributed by atoms with van der Waals surface area (Å²) in [6.07, 6.45) is 1.87. The second kappa shape index (κ2) is 4.00. The molecule has 2 aromatic carbocycles. The van der Waals surface area contributed by atoms with E-state index >= 15 is 0 Å². The second-order valence-corrected chi connectivity index (χ2v) is 4.05. The van der Waals surface area contributed by atoms with Crippen molar-refractivity contribution in [3.8, 4) is 11.1 Å². The van der Waals surface area contributed by atoms with E-state index in [1.807, 2.05) is 36.5 Å². The number of H-pyrrole nitrogens is 1. The number of benzene rings is 2. The molecule has 0 saturated heterocycles. The molecule has 4 heteroatoms. The Hall–Kier alpha value is -2.62. The van der Waals surface area contributed by atoms with Crippen molar-refractivity contribution in [3.05, 3.63) is 64.8 Å². The van der Waals surface area contributed by atoms with Gasteiger partial charge in [-0.3, -0.25) is 10.1 Å². The number of para-hydroxylation sites is 1. The van der Waals surface area contributed by atoms with Crippen LogP contribution in [-0.4, -0.2) is 9.91 Å². The lowest BCUT2D eigenvalue weighted by atomic mass is 10.0. The highest BCUT2D eigenvalue weighted by molar-refractivity contribution is 5.94. The van der Waals surface area contributed by atoms with Crippen LogP contribution in [0.2, 0.25) is 0 Å². The number of non-ortho nitro benzene ring substituents is 1. The largest absolute Gasteiger partial charge is 0.361 e. The Kier molecular flexibility index (Phi) is 2.34. The number of aromatic amines is 1. The van der Waals surface area contributed by atoms with Gasteiger partial charge in [0.1, 0.15) is 0 Å². The summed E-state index contributed by atoms with van der Waals surface area (Å²) in [5, 5.41) is 11.9. The molecule has 0 aliphatic rings. The summed E-state index contributed by atoms with van der Waals surface area (Å²) in [6.45, 7) is 0. The highest BCUT2D eigenvalue weighted by Gasteiger charge is 2.09. The highest BCUT2D eigenvalue weighted by atomic mass is 16.6. The molecule has 0 amide bonds. The molecule has 0 fully saturated rings. The molecule has 3 aromatic rings. The number of aromatic nitrogens is 1. The van der Waals surface area contributed by atoms with Crippen molar-refractivity contribution in [3.63, 3.8) is 0 Å². The van der Waals surface area contributed by atoms with E-state index in [2.05, 4.69) is 4.98 Å². The Labute approximate surface area is 103 Å². The topological polar surface area (TPSA) is 58.9 Å². The molecule has 1 heterocycles. The molecule has 0 radical (unpaired) electrons. The Bertz CT molecular complexity index is 731. The van der Waals surface area contributed by atoms with Gasteiger partial charge in [0.15, 0.2) is 0 Å². The summed E-state index contributed by atoms with van der Waals surface area (Å²) >= 11 is 0. The number of nitrogens with zero attached hydrogens (tertiary/aromatic N) is 1. The summed E-state index contributed by atoms with van der Waals surface area (Å²) < 4.78 is 0. The lowest BCUT2D eigenvalue weighted by molar-refractivity contribution is -0.384. The number of nitro benzene ring substituents is 1. The Morgan fingerprint density at radius 1 is 1.06 bits per heavy atom. The van der Waals surface area contributed by atoms with Gasteiger partial charge in [-0.2, -0.15) is 0 Å². The zero-order valence-electron chi connectivity index (χ0n) is 9.46. The van der Waals surface area contributed by atoms with Crippen LogP contribution in [0.5, 0.6) is 0 Å². The van der Waals surface area contributed by atoms with E-state index in [1.165, 1.54) is 6.07 Å². The summed E-state index contributed by atoms with van der Waals surface area (Å²) in [6, 6.07) is 14.6. The maximum absolute atomic E-state index is 10.8. The first-order valence-electron chi connectivity index (χ1n) is 5.56. The predicted octanol–water partition coefficient (Wildman–Crippen LogP) is 3.74. The Balaban J connectivity index is 2.23. The van der Waals surface area contributed by atoms with E-state index in [0.717, 1.165) is 22.0 Å². The van der Waals surface area contributed by atoms with Crippen molar-refractivity contribution in [2.75, 3.05) is 0 Å². The smallest absolute Gasteiger partial charge is 0.270 e. The first kappa shape index (κ1) is 10.5. The lowest BCUT2D eigenvalue weighted by Crippen LogP contribution is -1.88. The third-order valence-corrected chi connectivity index (χ3v) is 2.96. The number of fused-ring (bicyclic) bond motifs is 1. The first-order valence-corrected chi connectivity index (χ1v) is 5.56. The average molecular weight is 238 g/mol. The van der Waals surface area contributed by atoms with E-state index in [-0.39, 0.29) is 10.6 Å². The van der Waals surface area contributed by atoms with Crippen LogP contribution in [0, 0.1) is 10.1 Å². The molecule has 88 valence electrons. The van der Waals surface area contributed by atoms with Crippen molar-refractivity contribution < 1.29 is 4.92 Å². The summed E-state index contributed by atoms with van der Waals surface area (Å²) in [5.74, 6) is 0. The van der Waals surface area contributed by atoms with E-state index in [4.69, 9.17) is 0 Å². The monoisotopic (exact) mass is 238 g/mol. The third kappa shape index (κ3) is 1.64. The number of nitrogens with one attached hydrogen (secondary N) is 1. The van der Waals surface area contributed by atoms with Crippen molar-refractivity contribution in [1.82, 2.24) is 4.98 Å². The number of rotatable bonds is 2. The maximum Gasteiger partial charge on any atom is 0.270 e. The molecule has 0 unspecified atom stereocenters. The Morgan fingerprint density at radius 3 is 2.72 bits per heavy atom. The van der Waals surface area contributed by atoms with Crippen LogP contribution in [0.4, 0.5) is 5.69 Å². The van der Waals surface area contributed by atoms with E-state index in [0.29, 0.717) is 0 Å². The Morgan fingerprint density at radius 2 is 1.89 bits per heavy atom. The van der Waals surface area contributed by atoms with E-state index < -0.39 is 0 Å². The highest BCUT2D eigenvalue weighted by Crippen LogP contribution is 2.29. The third-order valence-electron chi connectivity index (χ3n) is 2.96. The van der Waals surface area contributed by atoms with Crippen molar-refractivity contribution in [2.24, 2.45) is 0 Å². The molecular formula is C14H10N2O2. The van der Waals surface area contributed by atoms with Gasteiger partial charge in [0.25, 0.3) is 5.69 Å². The zero-order chi connectivity index (χ0) is 12.5. The second-order valence-electron chi connectivity index (χ2n) is 4.05. The molecule has 0 spiro atoms. The molecule has 18 heavy (non-hydrogen) atoms. The molecule has 0 bridgehead atoms. The van der Waals surface area contributed by atoms with Crippen molar-refractivity contribution in [2.45, 2.75) is 0 Å². The maximum atomic E-state index is 10.8. The van der Waals surface area contributed by atoms with Gasteiger partial charge in [-0.15, -0.1) is 0 Å². The van der Waals surface area contributed by atoms with Gasteiger partial charge in [-0.25, -0.2) is 0 Å². The molecule has 3 rings (SSSR count). The van der Waals surface area contributed by atoms with Crippen LogP contribution >= 0.6 is 0 Å². The summed E-state index contributed by atoms with van der Waals surface area (Å²) in [5.41, 5.74) is 2.92. The molecule has 0 saturated carbocycles. The zero-order valence-corrected chi connectivity index (χ0v) is 9.46. The van der Waals surface area contributed by atoms with Gasteiger partial charge in [0, 0.05) is 23.9 Å². The minimum atomic E-state index is -0.377. The number of nitro groups is 1. The molecule has 4 nitrogen and oxygen atoms in total. The van der Waals surface area contributed by atoms with E-state index in [9.17, 15) is 10.1 Å². The lowest BCUT2D eigenvalue weighted by Gasteiger charge is -2.03. The van der Waals surface area contributed by atoms with Gasteiger partial charge in [0.2, 0.25) is 0 Å². The van der Waals surface area contributed by atoms with Gasteiger partial charge in [-0.05, 0) is 17.0 Å². The quantitative estimate of drug-likeness (QED) is 0.546. The number of hydrogen-bond acceptors (Lipinski definition) is 2. The van der Waals surface area contributed by atoms with Crippen LogP contribution in [0.15, 0.2) is 54.7 Å². The van der Waals surface area contributed by atoms with Crippen LogP contribution in [0.25, 0.3) is 22.0 Å². The number of hydrogen-bond donors (Lipinski definition) is 1. The van der Waals surface area contributed by atoms with Crippen molar-refractivity contribution >= 4 is 16.6 Å². The predicted molar refractivity (Wildman–Crippen MR) is 70.4 cm³/mol. The van der Waals surface area contributed by atoms with Gasteiger partial charge in [0.05, 0.1) is 10.4 Å². The van der Waals surface area contributed by atoms with Crippen LogP contribution in [0.1, 0.15) is 0 Å². The molecule has 0 aliphatic heterocycles. The summed E-state index contributed by atoms with van der Waals surface area (Å²) in [4.78, 5) is 13.6. The summed E-state index contributed by atoms with van der Waals surface area (Å²) in [7, 11) is 0. The van der Waals surface area contributed by atoms with Gasteiger partial charge < -0.3 is 4.98 Å². The molecule has 0 atom stereocenters. The molecular weight excluding hydrogens is 228 g/mol. The van der Waals surface area contributed by atoms with Crippen molar-refractivity contribution in [1.29, 1.82) is 0 Å². The first-order chi connectivity index (χ1) is 8.75. The van der Waals surface area contributed by atoms with Crippen LogP contribution in [0.3, 0.4) is 0 Å². The van der Waals surface area contributed by atoms with Gasteiger partial charge in [-0.1, -0.05) is 30.3 Å². The minimum Gasteiger partial charge on any atom is -0.361 e. The van der Waals surface area contributed by atoms with Gasteiger partial charge >= 0.3 is 0 Å². The fourth-order valence-electron chi connectivity index (χ4n) is 2.11. The average Bonchev–Trinajstić information content (AvgIpc) is 2.87. The van der Waals surface area contributed by atoms with Crippen LogP contribution in [-0.2, 0) is 0 Å². The minimum absolute atomic E-state index is 0.107. The molecule has 0 aliphatic carbocycles. The molecule has 1 aromatic heterocycles. The molecule has 1 N–H and O–H groups in total. The van der Waals surface area contributed by atoms with E-state index in [1.54, 1.807) is 12.1 Å².